The van der Waals surface area contributed by atoms with Crippen molar-refractivity contribution in [1.29, 1.82) is 0 Å². The van der Waals surface area contributed by atoms with E-state index in [-0.39, 0.29) is 57.4 Å². The average molecular weight is 2180 g/mol. The van der Waals surface area contributed by atoms with Crippen molar-refractivity contribution in [3.8, 4) is 0 Å². The summed E-state index contributed by atoms with van der Waals surface area (Å²) in [5.74, 6) is -10.7. The van der Waals surface area contributed by atoms with Crippen LogP contribution in [-0.4, -0.2) is 505 Å². The van der Waals surface area contributed by atoms with Gasteiger partial charge < -0.3 is 243 Å². The molecule has 0 radical (unpaired) electrons. The standard InChI is InChI=1S/C20H39N3O12.C20H35NO14S.C18H33NO19S3.C16H27NO12.ClH/c1-6-7(3-24)31-19(10(21)13(6)27)34-17-9(5-26)33-20(12(23)15(17)29)35-16-8(4-25)32-18(30-2)11(22)14(16)28;1-4-10-16(24)17(25)14(32-19(10)20(26)27)8-30-6-11-15(21-9(2)23)13(7-29-3)31-12(5-22)18(11)33-36-35-34-28;1-3-8-15(21)17(38-41(30,31)32)12(37-16(8)18(22)23)6-34-4-9-10(7-35-40(27,28)29)36-11(5-33-2)13(14(9)20)19-39(24,25)26;1-5(19)17-7-11(8(20)6(4-18)27-15(7)26-3)28-16-10(22)9(21)12(25-2)13(29-16)14(23)24;/h6-20,24-29H,3-5,21-23H2,1-2H3;10-19,22,24-25,28H,4-8H2,1-3H3,(H,21,23)(H,26,27);8-17,19-21H,3-7H2,1-2H3,(H,22,23)(H,24,25,26)(H,27,28,29)(H,30,31,32);6-13,15-16,18,20-22H,4H2,1-3H3,(H,17,19)(H,23,24);1H/p-7/t6-,7+,8+,9?,10?,11?,12?,13?,14?,15-,16-,17-,18-,19+,20+;10-,11-,12?,13-,14-,15?,16+,17?,18-,19?;8-,9+,10?,11+,12+,13?,14+,15+,16?,17?;6?,7?,8-,9-,10?,11-,12+,13?,15-,16-;/m1001./s1. The molecular weight excluding hydrogens is 2050 g/mol. The number of methoxy groups -OCH3 is 5. The quantitative estimate of drug-likeness (QED) is 0.00673. The Morgan fingerprint density at radius 3 is 1.30 bits per heavy atom. The summed E-state index contributed by atoms with van der Waals surface area (Å²) in [6.07, 6.45) is -46.7. The molecule has 68 heteroatoms. The molecule has 9 rings (SSSR count). The number of rotatable bonds is 44. The molecule has 63 nitrogen and oxygen atoms in total. The highest BCUT2D eigenvalue weighted by Crippen LogP contribution is 2.40. The van der Waals surface area contributed by atoms with Crippen molar-refractivity contribution in [2.45, 2.75) is 292 Å². The van der Waals surface area contributed by atoms with Crippen LogP contribution in [0.1, 0.15) is 47.5 Å². The Morgan fingerprint density at radius 2 is 0.831 bits per heavy atom. The molecule has 0 spiro atoms. The van der Waals surface area contributed by atoms with E-state index in [9.17, 15) is 160 Å². The summed E-state index contributed by atoms with van der Waals surface area (Å²) in [5, 5.41) is 207. The second-order valence-electron chi connectivity index (χ2n) is 33.5. The maximum atomic E-state index is 11.9. The van der Waals surface area contributed by atoms with E-state index in [1.807, 2.05) is 0 Å². The second kappa shape index (κ2) is 59.7. The smallest absolute Gasteiger partial charge is 0.218 e. The maximum absolute atomic E-state index is 11.9. The topological polar surface area (TPSA) is 988 Å². The number of carboxylic acids is 3. The second-order valence-corrected chi connectivity index (χ2v) is 37.2. The van der Waals surface area contributed by atoms with E-state index >= 15 is 0 Å². The normalized spacial score (nSPS) is 41.0. The van der Waals surface area contributed by atoms with E-state index < -0.39 is 395 Å². The summed E-state index contributed by atoms with van der Waals surface area (Å²) in [4.78, 5) is 57.9. The SMILES string of the molecule is CC[C@@H]1C(C(=O)[O-])O[C@@H](COC[C@H]2C(NC(C)=O)[C@H](COC)OC(CO)[C@H]2OSOO[O-])C(O)[C@@H]1O.CC[C@@H]1C(C(=O)[O-])O[C@H](COC[C@@H]2C(COS(=O)(=O)[O-])O[C@H](COC)C(NS(=O)(=O)[O-])[C@@H]2O)C(OS(=O)(=O)[O-])[C@@H]1O.CO[C@@H]1OC(CO)[C@@H](O)[C@H](O[C@@H]2OC(C(=O)[O-])[C@@H](OC)[C@H](O)C2O)C1NC(C)=O.CO[C@@H]1O[C@@H](CO)[C@@H](O[C@@H]2OC(CO)[C@@H](O[C@@H]3O[C@@H](CO)[C@@H](C)C(O)C3N)[C@H](O)C2N)C(O)C1N.Cl. The molecule has 0 saturated carbocycles. The molecule has 9 heterocycles. The van der Waals surface area contributed by atoms with Gasteiger partial charge in [0.2, 0.25) is 32.6 Å². The summed E-state index contributed by atoms with van der Waals surface area (Å²) in [7, 11) is -9.65. The summed E-state index contributed by atoms with van der Waals surface area (Å²) >= 11 is 0.191. The first-order valence-corrected chi connectivity index (χ1v) is 48.1. The molecule has 0 bridgehead atoms. The van der Waals surface area contributed by atoms with Gasteiger partial charge in [-0.05, 0) is 12.8 Å². The van der Waals surface area contributed by atoms with Crippen molar-refractivity contribution >= 4 is 85.6 Å². The number of carbonyl (C=O) groups is 5. The van der Waals surface area contributed by atoms with E-state index in [1.165, 1.54) is 42.1 Å². The van der Waals surface area contributed by atoms with Crippen molar-refractivity contribution in [3.05, 3.63) is 0 Å². The van der Waals surface area contributed by atoms with Gasteiger partial charge in [0.05, 0.1) is 164 Å². The summed E-state index contributed by atoms with van der Waals surface area (Å²) in [6, 6.07) is -6.84. The monoisotopic (exact) mass is 2180 g/mol. The predicted molar refractivity (Wildman–Crippen MR) is 445 cm³/mol. The lowest BCUT2D eigenvalue weighted by molar-refractivity contribution is -0.777. The molecule has 0 aromatic heterocycles. The lowest BCUT2D eigenvalue weighted by atomic mass is 9.84. The molecule has 24 N–H and O–H groups in total. The number of carboxylic acid groups (broad SMARTS) is 3. The number of aliphatic hydroxyl groups is 15. The van der Waals surface area contributed by atoms with Crippen molar-refractivity contribution in [3.63, 3.8) is 0 Å². The van der Waals surface area contributed by atoms with E-state index in [1.54, 1.807) is 18.6 Å². The van der Waals surface area contributed by atoms with Gasteiger partial charge in [-0.2, -0.15) is 0 Å². The van der Waals surface area contributed by atoms with E-state index in [2.05, 4.69) is 28.4 Å². The van der Waals surface area contributed by atoms with Crippen LogP contribution in [0.3, 0.4) is 0 Å². The molecule has 142 heavy (non-hydrogen) atoms. The highest BCUT2D eigenvalue weighted by molar-refractivity contribution is 7.89. The largest absolute Gasteiger partial charge is 0.735 e. The molecule has 45 atom stereocenters. The number of carbonyl (C=O) groups excluding carboxylic acids is 5. The first kappa shape index (κ1) is 128. The highest BCUT2D eigenvalue weighted by atomic mass is 35.5. The van der Waals surface area contributed by atoms with Gasteiger partial charge in [0.25, 0.3) is 0 Å². The van der Waals surface area contributed by atoms with Gasteiger partial charge in [0, 0.05) is 79.0 Å². The molecule has 9 aliphatic rings. The van der Waals surface area contributed by atoms with Crippen molar-refractivity contribution < 1.29 is 272 Å². The Hall–Kier alpha value is -4.04. The van der Waals surface area contributed by atoms with Crippen LogP contribution in [0.2, 0.25) is 0 Å². The maximum Gasteiger partial charge on any atom is 0.218 e. The third-order valence-corrected chi connectivity index (χ3v) is 26.3. The van der Waals surface area contributed by atoms with Crippen molar-refractivity contribution in [2.75, 3.05) is 115 Å². The lowest BCUT2D eigenvalue weighted by Crippen LogP contribution is -2.69. The zero-order chi connectivity index (χ0) is 106. The number of hydrogen-bond donors (Lipinski definition) is 21. The number of aliphatic hydroxyl groups excluding tert-OH is 15. The third-order valence-electron chi connectivity index (χ3n) is 24.4. The average Bonchev–Trinajstić information content (AvgIpc) is 0.800. The molecule has 9 saturated heterocycles. The Bertz CT molecular complexity index is 4110. The van der Waals surface area contributed by atoms with Gasteiger partial charge in [0.15, 0.2) is 54.1 Å². The molecule has 9 aliphatic heterocycles. The van der Waals surface area contributed by atoms with E-state index in [0.717, 1.165) is 14.2 Å². The summed E-state index contributed by atoms with van der Waals surface area (Å²) in [6.45, 7) is 1.05. The van der Waals surface area contributed by atoms with Crippen LogP contribution >= 0.6 is 24.7 Å². The molecule has 2 amide bonds. The van der Waals surface area contributed by atoms with Crippen molar-refractivity contribution in [2.24, 2.45) is 46.8 Å². The number of aliphatic carboxylic acids is 3. The van der Waals surface area contributed by atoms with Crippen LogP contribution in [0, 0.1) is 29.6 Å². The van der Waals surface area contributed by atoms with Gasteiger partial charge in [-0.15, -0.1) is 16.7 Å². The molecule has 9 fully saturated rings. The fourth-order valence-corrected chi connectivity index (χ4v) is 19.1. The molecule has 18 unspecified atom stereocenters. The number of ether oxygens (including phenoxy) is 19. The van der Waals surface area contributed by atoms with Gasteiger partial charge in [-0.25, -0.2) is 30.0 Å². The summed E-state index contributed by atoms with van der Waals surface area (Å²) in [5.41, 5.74) is 18.1. The first-order chi connectivity index (χ1) is 66.2. The van der Waals surface area contributed by atoms with Crippen LogP contribution < -0.4 is 53.1 Å². The lowest BCUT2D eigenvalue weighted by Gasteiger charge is -2.49. The Balaban J connectivity index is 0.000000335. The van der Waals surface area contributed by atoms with Gasteiger partial charge in [-0.1, -0.05) is 20.8 Å². The number of hydrogen-bond acceptors (Lipinski definition) is 61. The zero-order valence-electron chi connectivity index (χ0n) is 77.5. The van der Waals surface area contributed by atoms with Crippen LogP contribution in [0.5, 0.6) is 0 Å². The van der Waals surface area contributed by atoms with Gasteiger partial charge in [0.1, 0.15) is 146 Å². The Labute approximate surface area is 823 Å². The summed E-state index contributed by atoms with van der Waals surface area (Å²) < 4.78 is 223. The molecular formula is C74H128ClN6O57S4-7. The molecule has 0 aromatic rings. The Morgan fingerprint density at radius 1 is 0.387 bits per heavy atom. The highest BCUT2D eigenvalue weighted by Gasteiger charge is 2.58. The van der Waals surface area contributed by atoms with Crippen LogP contribution in [0.15, 0.2) is 0 Å². The molecule has 0 aliphatic carbocycles. The van der Waals surface area contributed by atoms with E-state index in [0.29, 0.717) is 0 Å². The minimum Gasteiger partial charge on any atom is -0.735 e. The van der Waals surface area contributed by atoms with Crippen LogP contribution in [-0.2, 0) is 167 Å². The van der Waals surface area contributed by atoms with Crippen molar-refractivity contribution in [1.82, 2.24) is 15.4 Å². The minimum atomic E-state index is -5.46. The fourth-order valence-electron chi connectivity index (χ4n) is 17.2. The number of halogens is 1. The molecule has 0 aromatic carbocycles. The number of amides is 2. The zero-order valence-corrected chi connectivity index (χ0v) is 81.6. The number of nitrogens with one attached hydrogen (secondary N) is 3. The fraction of sp³-hybridized carbons (Fsp3) is 0.932. The number of nitrogens with two attached hydrogens (primary N) is 3. The van der Waals surface area contributed by atoms with Crippen LogP contribution in [0.25, 0.3) is 0 Å². The van der Waals surface area contributed by atoms with Gasteiger partial charge >= 0.3 is 0 Å². The minimum absolute atomic E-state index is 0. The predicted octanol–water partition coefficient (Wildman–Crippen LogP) is -20.5. The van der Waals surface area contributed by atoms with Crippen LogP contribution in [0.4, 0.5) is 0 Å². The first-order valence-electron chi connectivity index (χ1n) is 43.3. The van der Waals surface area contributed by atoms with Gasteiger partial charge in [-0.3, -0.25) is 27.2 Å². The third kappa shape index (κ3) is 34.7. The molecule has 834 valence electrons. The Kier molecular flexibility index (Phi) is 54.0. The van der Waals surface area contributed by atoms with E-state index in [4.69, 9.17) is 111 Å².